The van der Waals surface area contributed by atoms with E-state index in [1.165, 1.54) is 0 Å². The molecule has 3 heterocycles. The molecule has 20 nitrogen and oxygen atoms in total. The van der Waals surface area contributed by atoms with E-state index in [2.05, 4.69) is 26.1 Å². The predicted molar refractivity (Wildman–Crippen MR) is 140 cm³/mol. The van der Waals surface area contributed by atoms with Crippen molar-refractivity contribution < 1.29 is 52.4 Å². The van der Waals surface area contributed by atoms with E-state index in [-0.39, 0.29) is 25.2 Å². The van der Waals surface area contributed by atoms with Gasteiger partial charge in [-0.2, -0.15) is 13.1 Å². The van der Waals surface area contributed by atoms with E-state index in [4.69, 9.17) is 27.3 Å². The fourth-order valence-electron chi connectivity index (χ4n) is 3.32. The zero-order valence-corrected chi connectivity index (χ0v) is 23.3. The summed E-state index contributed by atoms with van der Waals surface area (Å²) in [6, 6.07) is -3.44. The van der Waals surface area contributed by atoms with E-state index in [9.17, 15) is 47.3 Å². The van der Waals surface area contributed by atoms with Crippen LogP contribution in [-0.4, -0.2) is 96.7 Å². The van der Waals surface area contributed by atoms with Gasteiger partial charge in [-0.1, -0.05) is 28.1 Å². The number of aromatic hydroxyl groups is 1. The lowest BCUT2D eigenvalue weighted by Gasteiger charge is -2.44. The number of carboxylic acid groups (broad SMARTS) is 1. The van der Waals surface area contributed by atoms with E-state index in [1.807, 2.05) is 0 Å². The number of halogens is 1. The maximum atomic E-state index is 13.1. The molecule has 1 aliphatic heterocycles. The number of nitrogen functional groups attached to an aromatic ring is 1. The van der Waals surface area contributed by atoms with Crippen molar-refractivity contribution in [1.29, 1.82) is 0 Å². The molecule has 0 saturated carbocycles. The number of anilines is 1. The molecule has 2 aromatic heterocycles. The third kappa shape index (κ3) is 7.15. The monoisotopic (exact) mass is 652 g/mol. The number of pyridine rings is 1. The Hall–Kier alpha value is -4.67. The lowest BCUT2D eigenvalue weighted by molar-refractivity contribution is -0.149. The number of thiazole rings is 1. The summed E-state index contributed by atoms with van der Waals surface area (Å²) in [4.78, 5) is 69.1. The maximum absolute atomic E-state index is 13.1. The average Bonchev–Trinajstić information content (AvgIpc) is 3.22. The highest BCUT2D eigenvalue weighted by Crippen LogP contribution is 2.28. The number of nitrogens with one attached hydrogen (secondary N) is 3. The third-order valence-electron chi connectivity index (χ3n) is 5.39. The number of oxime groups is 1. The zero-order chi connectivity index (χ0) is 31.5. The van der Waals surface area contributed by atoms with Crippen LogP contribution in [0.25, 0.3) is 0 Å². The summed E-state index contributed by atoms with van der Waals surface area (Å²) in [5.74, 6) is -4.75. The SMILES string of the molecule is C[C@H](O/N=C(\C(=O)N[C@@H]1C(=O)N(S(=O)(=O)O)[C@@H]1CNC(=O)NCc1cc(=O)c(O)cn1O)c1nc(N)sc1Cl)C(=O)O. The standard InChI is InChI=1S/C19H21ClN8O12S2/c1-6(17(33)34)40-26-13(12-14(20)41-18(21)25-12)15(31)24-11-8(28(16(11)32)42(37,38)39)4-23-19(35)22-3-7-2-9(29)10(30)5-27(7)36/h2,5-6,8,11,30,36H,3-4H2,1H3,(H2,21,25)(H,24,31)(H,33,34)(H2,22,23,35)(H,37,38,39)/b26-13-/t6-,8+,11-/m0/s1. The van der Waals surface area contributed by atoms with Crippen LogP contribution in [0.3, 0.4) is 0 Å². The lowest BCUT2D eigenvalue weighted by Crippen LogP contribution is -2.74. The number of hydrogen-bond donors (Lipinski definition) is 8. The van der Waals surface area contributed by atoms with Crippen molar-refractivity contribution in [3.63, 3.8) is 0 Å². The predicted octanol–water partition coefficient (Wildman–Crippen LogP) is -2.33. The minimum Gasteiger partial charge on any atom is -0.503 e. The molecule has 0 unspecified atom stereocenters. The van der Waals surface area contributed by atoms with Crippen molar-refractivity contribution in [2.75, 3.05) is 12.3 Å². The molecule has 1 aliphatic rings. The lowest BCUT2D eigenvalue weighted by atomic mass is 9.98. The van der Waals surface area contributed by atoms with Gasteiger partial charge in [-0.3, -0.25) is 18.9 Å². The Labute approximate surface area is 243 Å². The number of hydrogen-bond acceptors (Lipinski definition) is 14. The Morgan fingerprint density at radius 3 is 2.55 bits per heavy atom. The second-order valence-electron chi connectivity index (χ2n) is 8.25. The molecule has 3 atom stereocenters. The van der Waals surface area contributed by atoms with Gasteiger partial charge in [-0.15, -0.1) is 0 Å². The molecular weight excluding hydrogens is 632 g/mol. The highest BCUT2D eigenvalue weighted by Gasteiger charge is 2.54. The van der Waals surface area contributed by atoms with Crippen molar-refractivity contribution >= 4 is 67.9 Å². The molecule has 1 fully saturated rings. The number of carbonyl (C=O) groups excluding carboxylic acids is 3. The molecule has 0 radical (unpaired) electrons. The van der Waals surface area contributed by atoms with Crippen LogP contribution < -0.4 is 27.1 Å². The van der Waals surface area contributed by atoms with Crippen molar-refractivity contribution in [2.24, 2.45) is 5.16 Å². The number of aliphatic carboxylic acids is 1. The molecule has 0 bridgehead atoms. The number of urea groups is 1. The summed E-state index contributed by atoms with van der Waals surface area (Å²) in [5, 5.41) is 37.9. The van der Waals surface area contributed by atoms with Gasteiger partial charge in [0.2, 0.25) is 11.5 Å². The van der Waals surface area contributed by atoms with Crippen molar-refractivity contribution in [3.8, 4) is 5.75 Å². The van der Waals surface area contributed by atoms with Gasteiger partial charge in [0.25, 0.3) is 11.8 Å². The topological polar surface area (TPSA) is 305 Å². The van der Waals surface area contributed by atoms with Crippen LogP contribution in [0.2, 0.25) is 4.34 Å². The molecule has 228 valence electrons. The van der Waals surface area contributed by atoms with Crippen LogP contribution in [0.15, 0.2) is 22.2 Å². The van der Waals surface area contributed by atoms with Crippen molar-refractivity contribution in [1.82, 2.24) is 30.0 Å². The quantitative estimate of drug-likeness (QED) is 0.0415. The number of carbonyl (C=O) groups is 4. The maximum Gasteiger partial charge on any atom is 0.362 e. The molecular formula is C19H21ClN8O12S2. The Morgan fingerprint density at radius 2 is 1.98 bits per heavy atom. The number of amides is 4. The number of nitrogens with two attached hydrogens (primary N) is 1. The molecule has 2 aromatic rings. The van der Waals surface area contributed by atoms with Gasteiger partial charge < -0.3 is 41.9 Å². The number of aromatic nitrogens is 2. The van der Waals surface area contributed by atoms with Gasteiger partial charge in [0.1, 0.15) is 16.1 Å². The summed E-state index contributed by atoms with van der Waals surface area (Å²) in [7, 11) is -5.16. The molecule has 23 heteroatoms. The first-order valence-electron chi connectivity index (χ1n) is 11.2. The van der Waals surface area contributed by atoms with E-state index in [0.29, 0.717) is 10.9 Å². The van der Waals surface area contributed by atoms with Gasteiger partial charge in [0.15, 0.2) is 16.6 Å². The van der Waals surface area contributed by atoms with Crippen molar-refractivity contribution in [3.05, 3.63) is 38.2 Å². The summed E-state index contributed by atoms with van der Waals surface area (Å²) in [6.45, 7) is -0.0329. The smallest absolute Gasteiger partial charge is 0.362 e. The Bertz CT molecular complexity index is 1620. The first-order chi connectivity index (χ1) is 19.5. The second kappa shape index (κ2) is 12.5. The van der Waals surface area contributed by atoms with Gasteiger partial charge in [-0.25, -0.2) is 18.9 Å². The number of β-lactam (4-membered cyclic amide) rings is 1. The number of carboxylic acids is 1. The van der Waals surface area contributed by atoms with Crippen LogP contribution in [0, 0.1) is 0 Å². The summed E-state index contributed by atoms with van der Waals surface area (Å²) in [6.07, 6.45) is -0.854. The first-order valence-corrected chi connectivity index (χ1v) is 13.8. The third-order valence-corrected chi connectivity index (χ3v) is 7.42. The minimum absolute atomic E-state index is 0.0167. The molecule has 0 spiro atoms. The average molecular weight is 653 g/mol. The minimum atomic E-state index is -5.16. The molecule has 42 heavy (non-hydrogen) atoms. The van der Waals surface area contributed by atoms with Crippen LogP contribution in [-0.2, 0) is 36.1 Å². The molecule has 1 saturated heterocycles. The fraction of sp³-hybridized carbons (Fsp3) is 0.316. The summed E-state index contributed by atoms with van der Waals surface area (Å²) < 4.78 is 33.2. The number of rotatable bonds is 11. The van der Waals surface area contributed by atoms with E-state index in [0.717, 1.165) is 24.3 Å². The van der Waals surface area contributed by atoms with Crippen LogP contribution in [0.4, 0.5) is 9.93 Å². The van der Waals surface area contributed by atoms with Gasteiger partial charge in [0.05, 0.1) is 24.5 Å². The van der Waals surface area contributed by atoms with E-state index >= 15 is 0 Å². The van der Waals surface area contributed by atoms with Crippen LogP contribution >= 0.6 is 22.9 Å². The second-order valence-corrected chi connectivity index (χ2v) is 11.2. The summed E-state index contributed by atoms with van der Waals surface area (Å²) >= 11 is 6.75. The normalized spacial score (nSPS) is 17.6. The molecule has 9 N–H and O–H groups in total. The Balaban J connectivity index is 1.76. The molecule has 4 amide bonds. The van der Waals surface area contributed by atoms with E-state index < -0.39 is 82.3 Å². The van der Waals surface area contributed by atoms with Crippen LogP contribution in [0.1, 0.15) is 18.3 Å². The first kappa shape index (κ1) is 31.9. The van der Waals surface area contributed by atoms with Crippen molar-refractivity contribution in [2.45, 2.75) is 31.7 Å². The van der Waals surface area contributed by atoms with Gasteiger partial charge >= 0.3 is 22.3 Å². The summed E-state index contributed by atoms with van der Waals surface area (Å²) in [5.41, 5.74) is 3.51. The zero-order valence-electron chi connectivity index (χ0n) is 20.9. The molecule has 0 aromatic carbocycles. The largest absolute Gasteiger partial charge is 0.503 e. The highest BCUT2D eigenvalue weighted by atomic mass is 35.5. The number of nitrogens with zero attached hydrogens (tertiary/aromatic N) is 4. The Kier molecular flexibility index (Phi) is 9.45. The van der Waals surface area contributed by atoms with Gasteiger partial charge in [-0.05, 0) is 6.92 Å². The highest BCUT2D eigenvalue weighted by molar-refractivity contribution is 7.84. The Morgan fingerprint density at radius 1 is 1.31 bits per heavy atom. The van der Waals surface area contributed by atoms with Gasteiger partial charge in [0, 0.05) is 12.6 Å². The van der Waals surface area contributed by atoms with Crippen LogP contribution in [0.5, 0.6) is 5.75 Å². The fourth-order valence-corrected chi connectivity index (χ4v) is 5.13. The van der Waals surface area contributed by atoms with E-state index in [1.54, 1.807) is 0 Å². The molecule has 3 rings (SSSR count). The molecule has 0 aliphatic carbocycles.